The summed E-state index contributed by atoms with van der Waals surface area (Å²) in [7, 11) is 0. The van der Waals surface area contributed by atoms with Crippen LogP contribution in [0.5, 0.6) is 0 Å². The largest absolute Gasteiger partial charge is 0.389 e. The topological polar surface area (TPSA) is 359 Å². The third kappa shape index (κ3) is 23.7. The van der Waals surface area contributed by atoms with E-state index in [-0.39, 0.29) is 51.9 Å². The number of carbonyl (C=O) groups excluding carboxylic acids is 5. The lowest BCUT2D eigenvalue weighted by Crippen LogP contribution is -2.53. The standard InChI is InChI=1S/C15H23N2O4P.2C15H25N2O4P.C14H22ClN2O3P.C14H22IN2O3P/c1-10-16-11(18)5-7-17(10)14-12-13(19)15(21-14,9-20-12)6-8-22(2,3)4;1-10-16-12(18)6-8-17(10)14-15(2,20)13(19)11(21-14)7-9-22(3,4)5;1-10-16-11(18)6-8-17(10)14-12(19)13(20)15(2,21-14)7-9-22(3,4)5;2*1-9-16-11(18)5-7-17(9)14-12(15)13(19)10(20-14)6-8-21(2,3)4/h5,7,12-14,19H,1-2,6,8-9H2,3-4H3,(H,16,18);6,8,11,13-14,19-20H,1,3,7,9H2,2,4-5H3,(H,16,18);6,8,12-14,19-20H,1,3,7,9H2,2,4-5H3,(H,16,18);2*5,7,10,12-14,19H,1-2,6,8H2,3-4H3,(H,16,18)/t12-,13+,14?,15+;11?,13-,14-,15+;12-,13+,14-,15-;2*10?,12-,13-,14-/m11111/s1. The van der Waals surface area contributed by atoms with E-state index in [9.17, 15) is 59.7 Å². The van der Waals surface area contributed by atoms with Gasteiger partial charge in [0.2, 0.25) is 0 Å². The van der Waals surface area contributed by atoms with Crippen LogP contribution in [0.2, 0.25) is 0 Å². The zero-order valence-electron chi connectivity index (χ0n) is 64.3. The van der Waals surface area contributed by atoms with E-state index < -0.39 is 130 Å². The Balaban J connectivity index is 0.000000188. The van der Waals surface area contributed by atoms with Crippen molar-refractivity contribution in [1.82, 2.24) is 51.1 Å². The first kappa shape index (κ1) is 90.9. The van der Waals surface area contributed by atoms with Crippen molar-refractivity contribution in [1.29, 1.82) is 0 Å². The van der Waals surface area contributed by atoms with E-state index in [1.807, 2.05) is 0 Å². The van der Waals surface area contributed by atoms with E-state index in [0.29, 0.717) is 48.6 Å². The second-order valence-electron chi connectivity index (χ2n) is 32.7. The summed E-state index contributed by atoms with van der Waals surface area (Å²) in [5.74, 6) is 0.739. The van der Waals surface area contributed by atoms with Gasteiger partial charge in [-0.1, -0.05) is 55.5 Å². The van der Waals surface area contributed by atoms with Crippen LogP contribution < -0.4 is 26.6 Å². The minimum Gasteiger partial charge on any atom is -0.389 e. The summed E-state index contributed by atoms with van der Waals surface area (Å²) in [5, 5.41) is 85.4. The highest BCUT2D eigenvalue weighted by atomic mass is 127. The summed E-state index contributed by atoms with van der Waals surface area (Å²) < 4.78 is 35.6. The fraction of sp³-hybridized carbons (Fsp3) is 0.589. The number of alkyl halides is 2. The minimum absolute atomic E-state index is 0.0877. The first-order valence-corrected chi connectivity index (χ1v) is 52.3. The molecule has 28 nitrogen and oxygen atoms in total. The van der Waals surface area contributed by atoms with Gasteiger partial charge in [0.05, 0.1) is 40.5 Å². The summed E-state index contributed by atoms with van der Waals surface area (Å²) >= 11 is 8.50. The Hall–Kier alpha value is -4.25. The normalized spacial score (nSPS) is 35.3. The van der Waals surface area contributed by atoms with Crippen molar-refractivity contribution in [3.63, 3.8) is 0 Å². The van der Waals surface area contributed by atoms with E-state index in [2.05, 4.69) is 180 Å². The molecular formula is C73H117ClIN10O18P5. The van der Waals surface area contributed by atoms with Gasteiger partial charge in [0.25, 0.3) is 29.5 Å². The van der Waals surface area contributed by atoms with Crippen molar-refractivity contribution < 1.29 is 88.1 Å². The lowest BCUT2D eigenvalue weighted by atomic mass is 9.94. The van der Waals surface area contributed by atoms with E-state index in [4.69, 9.17) is 40.0 Å². The predicted molar refractivity (Wildman–Crippen MR) is 449 cm³/mol. The van der Waals surface area contributed by atoms with Crippen LogP contribution in [0.25, 0.3) is 0 Å². The van der Waals surface area contributed by atoms with E-state index in [1.54, 1.807) is 40.2 Å². The molecule has 11 aliphatic heterocycles. The monoisotopic (exact) mass is 1740 g/mol. The first-order valence-electron chi connectivity index (χ1n) is 35.4. The molecule has 5 amide bonds. The molecule has 606 valence electrons. The first-order chi connectivity index (χ1) is 49.6. The summed E-state index contributed by atoms with van der Waals surface area (Å²) in [6.07, 6.45) is 34.3. The van der Waals surface area contributed by atoms with Gasteiger partial charge in [-0.2, -0.15) is 0 Å². The van der Waals surface area contributed by atoms with E-state index in [1.165, 1.54) is 59.5 Å². The summed E-state index contributed by atoms with van der Waals surface area (Å²) in [5.41, 5.74) is -3.00. The highest BCUT2D eigenvalue weighted by Crippen LogP contribution is 2.50. The van der Waals surface area contributed by atoms with Crippen LogP contribution >= 0.6 is 68.6 Å². The van der Waals surface area contributed by atoms with Gasteiger partial charge in [-0.15, -0.1) is 77.5 Å². The number of carbonyl (C=O) groups is 5. The second-order valence-corrected chi connectivity index (χ2v) is 56.2. The Morgan fingerprint density at radius 1 is 0.463 bits per heavy atom. The smallest absolute Gasteiger partial charge is 0.250 e. The highest BCUT2D eigenvalue weighted by molar-refractivity contribution is 14.1. The molecule has 2 bridgehead atoms. The molecule has 20 atom stereocenters. The number of hydrogen-bond acceptors (Lipinski definition) is 23. The van der Waals surface area contributed by atoms with Gasteiger partial charge in [-0.3, -0.25) is 24.0 Å². The molecule has 0 aromatic rings. The number of halogens is 2. The molecule has 12 N–H and O–H groups in total. The molecule has 0 radical (unpaired) electrons. The third-order valence-electron chi connectivity index (χ3n) is 19.6. The average Bonchev–Trinajstić information content (AvgIpc) is 1.58. The van der Waals surface area contributed by atoms with E-state index in [0.717, 1.165) is 50.1 Å². The van der Waals surface area contributed by atoms with Gasteiger partial charge < -0.3 is 115 Å². The van der Waals surface area contributed by atoms with Crippen LogP contribution in [0.3, 0.4) is 0 Å². The second kappa shape index (κ2) is 36.1. The van der Waals surface area contributed by atoms with Gasteiger partial charge >= 0.3 is 0 Å². The van der Waals surface area contributed by atoms with Crippen LogP contribution in [0.1, 0.15) is 46.0 Å². The highest BCUT2D eigenvalue weighted by Gasteiger charge is 2.63. The molecule has 6 saturated heterocycles. The van der Waals surface area contributed by atoms with Crippen molar-refractivity contribution in [2.75, 3.05) is 104 Å². The maximum Gasteiger partial charge on any atom is 0.250 e. The summed E-state index contributed by atoms with van der Waals surface area (Å²) in [4.78, 5) is 64.6. The fourth-order valence-corrected chi connectivity index (χ4v) is 19.3. The lowest BCUT2D eigenvalue weighted by molar-refractivity contribution is -0.182. The molecule has 11 aliphatic rings. The number of nitrogens with zero attached hydrogens (tertiary/aromatic N) is 5. The van der Waals surface area contributed by atoms with E-state index >= 15 is 0 Å². The van der Waals surface area contributed by atoms with Gasteiger partial charge in [-0.25, -0.2) is 0 Å². The number of aliphatic hydroxyl groups is 7. The zero-order chi connectivity index (χ0) is 81.1. The predicted octanol–water partition coefficient (Wildman–Crippen LogP) is 3.62. The molecule has 35 heteroatoms. The van der Waals surface area contributed by atoms with Crippen molar-refractivity contribution in [3.05, 3.63) is 123 Å². The van der Waals surface area contributed by atoms with Crippen molar-refractivity contribution in [3.8, 4) is 0 Å². The summed E-state index contributed by atoms with van der Waals surface area (Å²) in [6.45, 7) is 38.1. The molecule has 11 heterocycles. The maximum absolute atomic E-state index is 11.3. The number of amides is 5. The van der Waals surface area contributed by atoms with Crippen LogP contribution in [-0.4, -0.2) is 344 Å². The van der Waals surface area contributed by atoms with Gasteiger partial charge in [0.15, 0.2) is 24.9 Å². The molecule has 0 aromatic carbocycles. The number of ether oxygens (including phenoxy) is 6. The number of fused-ring (bicyclic) bond motifs is 2. The van der Waals surface area contributed by atoms with Crippen LogP contribution in [-0.2, 0) is 52.4 Å². The number of nitrogens with one attached hydrogen (secondary N) is 5. The van der Waals surface area contributed by atoms with Gasteiger partial charge in [0, 0.05) is 61.4 Å². The van der Waals surface area contributed by atoms with Crippen molar-refractivity contribution >= 4 is 130 Å². The molecule has 0 aromatic heterocycles. The average molecular weight is 1740 g/mol. The molecule has 0 spiro atoms. The molecule has 6 fully saturated rings. The maximum atomic E-state index is 11.3. The van der Waals surface area contributed by atoms with Crippen LogP contribution in [0.15, 0.2) is 123 Å². The zero-order valence-corrected chi connectivity index (χ0v) is 71.7. The Labute approximate surface area is 656 Å². The quantitative estimate of drug-likeness (QED) is 0.0470. The Kier molecular flexibility index (Phi) is 30.4. The Morgan fingerprint density at radius 3 is 1.22 bits per heavy atom. The van der Waals surface area contributed by atoms with Crippen molar-refractivity contribution in [2.24, 2.45) is 0 Å². The van der Waals surface area contributed by atoms with Crippen molar-refractivity contribution in [2.45, 2.75) is 164 Å². The molecule has 0 saturated carbocycles. The number of rotatable bonds is 20. The fourth-order valence-electron chi connectivity index (χ4n) is 13.1. The third-order valence-corrected chi connectivity index (χ3v) is 28.7. The molecule has 108 heavy (non-hydrogen) atoms. The Bertz CT molecular complexity index is 3710. The summed E-state index contributed by atoms with van der Waals surface area (Å²) in [6, 6.07) is 0. The minimum atomic E-state index is -1.47. The van der Waals surface area contributed by atoms with Crippen LogP contribution in [0.4, 0.5) is 0 Å². The molecular weight excluding hydrogens is 1620 g/mol. The van der Waals surface area contributed by atoms with Gasteiger partial charge in [0.1, 0.15) is 88.5 Å². The SMILES string of the molecule is C=C1NC(=O)C=CN1C1O[C@@]2(CCP(=C)(C)C)CO[C@@H]1[C@@H]2O.C=C1NC(=O)C=CN1[C@@H]1OC(CCP(=C)(C)C)[C@@H](O)[C@H]1Cl.C=C1NC(=O)C=CN1[C@@H]1OC(CCP(=C)(C)C)[C@@H](O)[C@H]1I.C=C1NC(=O)C=CN1[C@@H]1OC(CCP(=C)(C)C)[C@@H](O)[C@]1(C)O.C=C1NC(=O)C=CN1[C@@H]1O[C@](C)(CCP(=C)(C)C)[C@@H](O)[C@H]1O. The lowest BCUT2D eigenvalue weighted by Gasteiger charge is -2.38. The van der Waals surface area contributed by atoms with Crippen LogP contribution in [0, 0.1) is 0 Å². The number of hydrogen-bond donors (Lipinski definition) is 12. The molecule has 0 aliphatic carbocycles. The molecule has 11 rings (SSSR count). The number of aliphatic hydroxyl groups excluding tert-OH is 6. The van der Waals surface area contributed by atoms with Gasteiger partial charge in [-0.05, 0) is 143 Å². The molecule has 4 unspecified atom stereocenters. The Morgan fingerprint density at radius 2 is 0.815 bits per heavy atom.